The van der Waals surface area contributed by atoms with Crippen molar-refractivity contribution in [3.8, 4) is 11.3 Å². The molecule has 3 heteroatoms. The van der Waals surface area contributed by atoms with Crippen LogP contribution in [0, 0.1) is 6.92 Å². The van der Waals surface area contributed by atoms with Gasteiger partial charge >= 0.3 is 0 Å². The second-order valence-corrected chi connectivity index (χ2v) is 5.37. The first-order valence-corrected chi connectivity index (χ1v) is 7.24. The van der Waals surface area contributed by atoms with Crippen molar-refractivity contribution in [2.75, 3.05) is 0 Å². The topological polar surface area (TPSA) is 25.8 Å². The molecule has 0 fully saturated rings. The van der Waals surface area contributed by atoms with E-state index in [0.717, 1.165) is 23.2 Å². The van der Waals surface area contributed by atoms with Crippen molar-refractivity contribution in [2.24, 2.45) is 0 Å². The third kappa shape index (κ3) is 3.11. The van der Waals surface area contributed by atoms with E-state index in [9.17, 15) is 0 Å². The van der Waals surface area contributed by atoms with E-state index in [1.54, 1.807) is 0 Å². The summed E-state index contributed by atoms with van der Waals surface area (Å²) < 4.78 is 0. The Morgan fingerprint density at radius 2 is 1.57 bits per heavy atom. The summed E-state index contributed by atoms with van der Waals surface area (Å²) in [6.07, 6.45) is 0.765. The van der Waals surface area contributed by atoms with Crippen molar-refractivity contribution in [1.29, 1.82) is 0 Å². The summed E-state index contributed by atoms with van der Waals surface area (Å²) >= 11 is 6.21. The summed E-state index contributed by atoms with van der Waals surface area (Å²) in [7, 11) is 0. The molecule has 1 heterocycles. The van der Waals surface area contributed by atoms with Crippen LogP contribution in [0.15, 0.2) is 60.7 Å². The van der Waals surface area contributed by atoms with Crippen LogP contribution >= 0.6 is 11.6 Å². The Balaban J connectivity index is 1.98. The average molecular weight is 295 g/mol. The first kappa shape index (κ1) is 13.8. The number of rotatable bonds is 3. The zero-order valence-electron chi connectivity index (χ0n) is 11.8. The van der Waals surface area contributed by atoms with Gasteiger partial charge in [0, 0.05) is 12.0 Å². The maximum absolute atomic E-state index is 6.21. The molecule has 0 radical (unpaired) electrons. The first-order chi connectivity index (χ1) is 10.2. The average Bonchev–Trinajstić information content (AvgIpc) is 2.52. The third-order valence-corrected chi connectivity index (χ3v) is 3.85. The van der Waals surface area contributed by atoms with Crippen LogP contribution in [-0.2, 0) is 6.42 Å². The molecule has 3 rings (SSSR count). The number of halogens is 1. The summed E-state index contributed by atoms with van der Waals surface area (Å²) in [4.78, 5) is 0. The summed E-state index contributed by atoms with van der Waals surface area (Å²) in [6.45, 7) is 2.11. The number of benzene rings is 2. The van der Waals surface area contributed by atoms with Gasteiger partial charge in [-0.05, 0) is 29.7 Å². The first-order valence-electron chi connectivity index (χ1n) is 6.86. The minimum atomic E-state index is 0.470. The van der Waals surface area contributed by atoms with E-state index in [1.807, 2.05) is 48.5 Å². The van der Waals surface area contributed by atoms with Gasteiger partial charge in [0.25, 0.3) is 0 Å². The van der Waals surface area contributed by atoms with Gasteiger partial charge < -0.3 is 0 Å². The fourth-order valence-corrected chi connectivity index (χ4v) is 2.46. The van der Waals surface area contributed by atoms with Gasteiger partial charge in [-0.25, -0.2) is 0 Å². The van der Waals surface area contributed by atoms with E-state index in [0.29, 0.717) is 5.15 Å². The minimum absolute atomic E-state index is 0.470. The van der Waals surface area contributed by atoms with Crippen molar-refractivity contribution < 1.29 is 0 Å². The number of hydrogen-bond donors (Lipinski definition) is 0. The van der Waals surface area contributed by atoms with E-state index < -0.39 is 0 Å². The summed E-state index contributed by atoms with van der Waals surface area (Å²) in [5.74, 6) is 0. The molecule has 0 bridgehead atoms. The van der Waals surface area contributed by atoms with Gasteiger partial charge in [0.15, 0.2) is 5.15 Å². The lowest BCUT2D eigenvalue weighted by Crippen LogP contribution is -1.97. The molecule has 2 nitrogen and oxygen atoms in total. The Morgan fingerprint density at radius 3 is 2.33 bits per heavy atom. The van der Waals surface area contributed by atoms with Gasteiger partial charge in [-0.2, -0.15) is 0 Å². The van der Waals surface area contributed by atoms with Gasteiger partial charge in [-0.3, -0.25) is 0 Å². The van der Waals surface area contributed by atoms with Crippen molar-refractivity contribution >= 4 is 11.6 Å². The molecule has 0 saturated heterocycles. The van der Waals surface area contributed by atoms with Crippen molar-refractivity contribution in [1.82, 2.24) is 10.2 Å². The Kier molecular flexibility index (Phi) is 3.98. The highest BCUT2D eigenvalue weighted by atomic mass is 35.5. The Morgan fingerprint density at radius 1 is 0.857 bits per heavy atom. The zero-order chi connectivity index (χ0) is 14.7. The van der Waals surface area contributed by atoms with Crippen molar-refractivity contribution in [3.63, 3.8) is 0 Å². The van der Waals surface area contributed by atoms with Gasteiger partial charge in [-0.1, -0.05) is 66.2 Å². The molecule has 0 N–H and O–H groups in total. The summed E-state index contributed by atoms with van der Waals surface area (Å²) in [5.41, 5.74) is 5.41. The van der Waals surface area contributed by atoms with Crippen LogP contribution in [0.4, 0.5) is 0 Å². The minimum Gasteiger partial charge on any atom is -0.149 e. The monoisotopic (exact) mass is 294 g/mol. The maximum Gasteiger partial charge on any atom is 0.155 e. The molecule has 0 atom stereocenters. The smallest absolute Gasteiger partial charge is 0.149 e. The lowest BCUT2D eigenvalue weighted by atomic mass is 10.0. The van der Waals surface area contributed by atoms with Gasteiger partial charge in [0.05, 0.1) is 5.69 Å². The fourth-order valence-electron chi connectivity index (χ4n) is 2.30. The molecule has 0 unspecified atom stereocenters. The molecule has 0 spiro atoms. The van der Waals surface area contributed by atoms with Crippen LogP contribution in [-0.4, -0.2) is 10.2 Å². The molecule has 1 aromatic heterocycles. The second-order valence-electron chi connectivity index (χ2n) is 5.01. The van der Waals surface area contributed by atoms with Crippen LogP contribution in [0.25, 0.3) is 11.3 Å². The van der Waals surface area contributed by atoms with Crippen LogP contribution in [0.3, 0.4) is 0 Å². The van der Waals surface area contributed by atoms with E-state index in [-0.39, 0.29) is 0 Å². The molecule has 0 aliphatic heterocycles. The molecule has 3 aromatic rings. The SMILES string of the molecule is Cc1ccccc1Cc1cc(-c2ccccc2)nnc1Cl. The number of nitrogens with zero attached hydrogens (tertiary/aromatic N) is 2. The van der Waals surface area contributed by atoms with Crippen LogP contribution < -0.4 is 0 Å². The lowest BCUT2D eigenvalue weighted by Gasteiger charge is -2.08. The van der Waals surface area contributed by atoms with Crippen molar-refractivity contribution in [3.05, 3.63) is 82.5 Å². The number of hydrogen-bond acceptors (Lipinski definition) is 2. The predicted molar refractivity (Wildman–Crippen MR) is 86.5 cm³/mol. The highest BCUT2D eigenvalue weighted by Gasteiger charge is 2.09. The van der Waals surface area contributed by atoms with Gasteiger partial charge in [-0.15, -0.1) is 10.2 Å². The third-order valence-electron chi connectivity index (χ3n) is 3.53. The normalized spacial score (nSPS) is 10.6. The lowest BCUT2D eigenvalue weighted by molar-refractivity contribution is 0.998. The quantitative estimate of drug-likeness (QED) is 0.700. The number of aromatic nitrogens is 2. The molecule has 0 saturated carbocycles. The molecular formula is C18H15ClN2. The molecule has 2 aromatic carbocycles. The summed E-state index contributed by atoms with van der Waals surface area (Å²) in [6, 6.07) is 20.4. The molecule has 0 amide bonds. The van der Waals surface area contributed by atoms with Gasteiger partial charge in [0.1, 0.15) is 0 Å². The molecule has 21 heavy (non-hydrogen) atoms. The van der Waals surface area contributed by atoms with E-state index >= 15 is 0 Å². The Hall–Kier alpha value is -2.19. The molecular weight excluding hydrogens is 280 g/mol. The fraction of sp³-hybridized carbons (Fsp3) is 0.111. The van der Waals surface area contributed by atoms with Gasteiger partial charge in [0.2, 0.25) is 0 Å². The Bertz CT molecular complexity index is 754. The van der Waals surface area contributed by atoms with E-state index in [1.165, 1.54) is 11.1 Å². The largest absolute Gasteiger partial charge is 0.155 e. The molecule has 0 aliphatic rings. The molecule has 104 valence electrons. The summed E-state index contributed by atoms with van der Waals surface area (Å²) in [5, 5.41) is 8.76. The van der Waals surface area contributed by atoms with E-state index in [4.69, 9.17) is 11.6 Å². The second kappa shape index (κ2) is 6.06. The maximum atomic E-state index is 6.21. The highest BCUT2D eigenvalue weighted by molar-refractivity contribution is 6.30. The zero-order valence-corrected chi connectivity index (χ0v) is 12.5. The number of aryl methyl sites for hydroxylation is 1. The molecule has 0 aliphatic carbocycles. The predicted octanol–water partition coefficient (Wildman–Crippen LogP) is 4.70. The van der Waals surface area contributed by atoms with Crippen LogP contribution in [0.2, 0.25) is 5.15 Å². The standard InChI is InChI=1S/C18H15ClN2/c1-13-7-5-6-10-15(13)11-16-12-17(20-21-18(16)19)14-8-3-2-4-9-14/h2-10,12H,11H2,1H3. The van der Waals surface area contributed by atoms with Crippen LogP contribution in [0.1, 0.15) is 16.7 Å². The van der Waals surface area contributed by atoms with E-state index in [2.05, 4.69) is 29.3 Å². The Labute approximate surface area is 129 Å². The highest BCUT2D eigenvalue weighted by Crippen LogP contribution is 2.23. The van der Waals surface area contributed by atoms with Crippen LogP contribution in [0.5, 0.6) is 0 Å². The van der Waals surface area contributed by atoms with Crippen molar-refractivity contribution in [2.45, 2.75) is 13.3 Å².